The third kappa shape index (κ3) is 3.53. The summed E-state index contributed by atoms with van der Waals surface area (Å²) >= 11 is 0. The number of ether oxygens (including phenoxy) is 1. The molecular weight excluding hydrogens is 351 g/mol. The van der Waals surface area contributed by atoms with Crippen molar-refractivity contribution in [2.75, 3.05) is 12.4 Å². The Balaban J connectivity index is 1.90. The van der Waals surface area contributed by atoms with Gasteiger partial charge in [-0.15, -0.1) is 0 Å². The lowest BCUT2D eigenvalue weighted by molar-refractivity contribution is -0.152. The molecule has 26 heavy (non-hydrogen) atoms. The monoisotopic (exact) mass is 363 g/mol. The SMILES string of the molecule is COc1ccc(C(=O)Nc2ccc3oc(C(F)(F)F)cc(=O)c3c2)cc1. The lowest BCUT2D eigenvalue weighted by Gasteiger charge is -2.09. The van der Waals surface area contributed by atoms with Crippen LogP contribution in [0.4, 0.5) is 18.9 Å². The summed E-state index contributed by atoms with van der Waals surface area (Å²) in [7, 11) is 1.50. The number of benzene rings is 2. The first-order chi connectivity index (χ1) is 12.3. The van der Waals surface area contributed by atoms with E-state index < -0.39 is 23.3 Å². The molecule has 2 aromatic carbocycles. The summed E-state index contributed by atoms with van der Waals surface area (Å²) < 4.78 is 47.8. The lowest BCUT2D eigenvalue weighted by Crippen LogP contribution is -2.13. The molecular formula is C18H12F3NO4. The van der Waals surface area contributed by atoms with Gasteiger partial charge in [-0.05, 0) is 42.5 Å². The minimum Gasteiger partial charge on any atom is -0.497 e. The number of anilines is 1. The average molecular weight is 363 g/mol. The molecule has 0 saturated carbocycles. The van der Waals surface area contributed by atoms with Gasteiger partial charge in [0.15, 0.2) is 5.43 Å². The molecule has 0 aliphatic carbocycles. The first kappa shape index (κ1) is 17.5. The fourth-order valence-electron chi connectivity index (χ4n) is 2.32. The van der Waals surface area contributed by atoms with Crippen LogP contribution in [0.15, 0.2) is 57.7 Å². The molecule has 1 aromatic heterocycles. The maximum atomic E-state index is 12.7. The molecule has 0 fully saturated rings. The number of fused-ring (bicyclic) bond motifs is 1. The van der Waals surface area contributed by atoms with Crippen molar-refractivity contribution in [3.63, 3.8) is 0 Å². The van der Waals surface area contributed by atoms with Gasteiger partial charge in [-0.1, -0.05) is 0 Å². The first-order valence-electron chi connectivity index (χ1n) is 7.38. The summed E-state index contributed by atoms with van der Waals surface area (Å²) in [5.74, 6) is -1.22. The molecule has 5 nitrogen and oxygen atoms in total. The standard InChI is InChI=1S/C18H12F3NO4/c1-25-12-5-2-10(3-6-12)17(24)22-11-4-7-15-13(8-11)14(23)9-16(26-15)18(19,20)21/h2-9H,1H3,(H,22,24). The van der Waals surface area contributed by atoms with Gasteiger partial charge >= 0.3 is 6.18 Å². The Kier molecular flexibility index (Phi) is 4.41. The molecule has 0 atom stereocenters. The molecule has 0 bridgehead atoms. The Morgan fingerprint density at radius 2 is 1.77 bits per heavy atom. The molecule has 0 aliphatic heterocycles. The number of hydrogen-bond donors (Lipinski definition) is 1. The fraction of sp³-hybridized carbons (Fsp3) is 0.111. The number of carbonyl (C=O) groups is 1. The van der Waals surface area contributed by atoms with E-state index in [9.17, 15) is 22.8 Å². The number of rotatable bonds is 3. The van der Waals surface area contributed by atoms with Gasteiger partial charge in [0, 0.05) is 17.3 Å². The molecule has 0 radical (unpaired) electrons. The molecule has 0 spiro atoms. The van der Waals surface area contributed by atoms with Crippen molar-refractivity contribution in [3.05, 3.63) is 70.1 Å². The van der Waals surface area contributed by atoms with Crippen LogP contribution in [-0.4, -0.2) is 13.0 Å². The van der Waals surface area contributed by atoms with E-state index in [-0.39, 0.29) is 16.7 Å². The zero-order valence-electron chi connectivity index (χ0n) is 13.4. The number of hydrogen-bond acceptors (Lipinski definition) is 4. The summed E-state index contributed by atoms with van der Waals surface area (Å²) in [6.45, 7) is 0. The number of alkyl halides is 3. The van der Waals surface area contributed by atoms with Crippen molar-refractivity contribution < 1.29 is 27.1 Å². The van der Waals surface area contributed by atoms with E-state index in [1.54, 1.807) is 24.3 Å². The van der Waals surface area contributed by atoms with Crippen LogP contribution in [0.1, 0.15) is 16.1 Å². The maximum absolute atomic E-state index is 12.7. The van der Waals surface area contributed by atoms with Crippen LogP contribution in [0.3, 0.4) is 0 Å². The highest BCUT2D eigenvalue weighted by Crippen LogP contribution is 2.30. The number of amides is 1. The van der Waals surface area contributed by atoms with Gasteiger partial charge in [0.25, 0.3) is 5.91 Å². The molecule has 0 aliphatic rings. The van der Waals surface area contributed by atoms with Gasteiger partial charge in [0.2, 0.25) is 5.76 Å². The van der Waals surface area contributed by atoms with E-state index in [1.807, 2.05) is 0 Å². The van der Waals surface area contributed by atoms with Gasteiger partial charge in [-0.2, -0.15) is 13.2 Å². The van der Waals surface area contributed by atoms with Crippen molar-refractivity contribution in [3.8, 4) is 5.75 Å². The van der Waals surface area contributed by atoms with Crippen molar-refractivity contribution in [1.29, 1.82) is 0 Å². The topological polar surface area (TPSA) is 68.5 Å². The predicted molar refractivity (Wildman–Crippen MR) is 88.4 cm³/mol. The summed E-state index contributed by atoms with van der Waals surface area (Å²) in [6, 6.07) is 10.5. The number of halogens is 3. The van der Waals surface area contributed by atoms with Crippen LogP contribution in [0.25, 0.3) is 11.0 Å². The van der Waals surface area contributed by atoms with Crippen LogP contribution in [0, 0.1) is 0 Å². The van der Waals surface area contributed by atoms with E-state index >= 15 is 0 Å². The predicted octanol–water partition coefficient (Wildman–Crippen LogP) is 4.07. The van der Waals surface area contributed by atoms with Crippen molar-refractivity contribution in [2.24, 2.45) is 0 Å². The third-order valence-electron chi connectivity index (χ3n) is 3.62. The molecule has 134 valence electrons. The molecule has 1 N–H and O–H groups in total. The summed E-state index contributed by atoms with van der Waals surface area (Å²) in [6.07, 6.45) is -4.76. The Hall–Kier alpha value is -3.29. The normalized spacial score (nSPS) is 11.4. The van der Waals surface area contributed by atoms with Crippen molar-refractivity contribution in [2.45, 2.75) is 6.18 Å². The van der Waals surface area contributed by atoms with Crippen LogP contribution in [0.2, 0.25) is 0 Å². The van der Waals surface area contributed by atoms with E-state index in [2.05, 4.69) is 5.32 Å². The van der Waals surface area contributed by atoms with Crippen molar-refractivity contribution in [1.82, 2.24) is 0 Å². The van der Waals surface area contributed by atoms with Gasteiger partial charge < -0.3 is 14.5 Å². The van der Waals surface area contributed by atoms with Crippen LogP contribution >= 0.6 is 0 Å². The number of nitrogens with one attached hydrogen (secondary N) is 1. The Morgan fingerprint density at radius 3 is 2.38 bits per heavy atom. The second kappa shape index (κ2) is 6.55. The highest BCUT2D eigenvalue weighted by molar-refractivity contribution is 6.05. The number of carbonyl (C=O) groups excluding carboxylic acids is 1. The van der Waals surface area contributed by atoms with E-state index in [0.717, 1.165) is 0 Å². The van der Waals surface area contributed by atoms with Gasteiger partial charge in [0.1, 0.15) is 11.3 Å². The quantitative estimate of drug-likeness (QED) is 0.762. The summed E-state index contributed by atoms with van der Waals surface area (Å²) in [5.41, 5.74) is -0.456. The van der Waals surface area contributed by atoms with Crippen molar-refractivity contribution >= 4 is 22.6 Å². The minimum absolute atomic E-state index is 0.0643. The highest BCUT2D eigenvalue weighted by Gasteiger charge is 2.34. The Morgan fingerprint density at radius 1 is 1.08 bits per heavy atom. The van der Waals surface area contributed by atoms with Gasteiger partial charge in [-0.3, -0.25) is 9.59 Å². The second-order valence-electron chi connectivity index (χ2n) is 5.37. The van der Waals surface area contributed by atoms with Crippen LogP contribution in [0.5, 0.6) is 5.75 Å². The molecule has 8 heteroatoms. The zero-order valence-corrected chi connectivity index (χ0v) is 13.4. The fourth-order valence-corrected chi connectivity index (χ4v) is 2.32. The summed E-state index contributed by atoms with van der Waals surface area (Å²) in [4.78, 5) is 24.2. The van der Waals surface area contributed by atoms with E-state index in [0.29, 0.717) is 17.4 Å². The smallest absolute Gasteiger partial charge is 0.449 e. The molecule has 3 rings (SSSR count). The Bertz CT molecular complexity index is 1020. The molecule has 3 aromatic rings. The van der Waals surface area contributed by atoms with E-state index in [4.69, 9.17) is 9.15 Å². The largest absolute Gasteiger partial charge is 0.497 e. The average Bonchev–Trinajstić information content (AvgIpc) is 2.61. The molecule has 1 heterocycles. The van der Waals surface area contributed by atoms with E-state index in [1.165, 1.54) is 25.3 Å². The molecule has 0 unspecified atom stereocenters. The van der Waals surface area contributed by atoms with Crippen LogP contribution in [-0.2, 0) is 6.18 Å². The van der Waals surface area contributed by atoms with Crippen LogP contribution < -0.4 is 15.5 Å². The number of methoxy groups -OCH3 is 1. The lowest BCUT2D eigenvalue weighted by atomic mass is 10.1. The van der Waals surface area contributed by atoms with Gasteiger partial charge in [-0.25, -0.2) is 0 Å². The first-order valence-corrected chi connectivity index (χ1v) is 7.38. The Labute approximate surface area is 145 Å². The second-order valence-corrected chi connectivity index (χ2v) is 5.37. The molecule has 0 saturated heterocycles. The molecule has 1 amide bonds. The maximum Gasteiger partial charge on any atom is 0.449 e. The zero-order chi connectivity index (χ0) is 18.9. The van der Waals surface area contributed by atoms with Gasteiger partial charge in [0.05, 0.1) is 12.5 Å². The highest BCUT2D eigenvalue weighted by atomic mass is 19.4. The summed E-state index contributed by atoms with van der Waals surface area (Å²) in [5, 5.41) is 2.51. The third-order valence-corrected chi connectivity index (χ3v) is 3.62. The minimum atomic E-state index is -4.76.